The van der Waals surface area contributed by atoms with E-state index >= 15 is 0 Å². The van der Waals surface area contributed by atoms with Crippen LogP contribution in [0.3, 0.4) is 0 Å². The van der Waals surface area contributed by atoms with Crippen molar-refractivity contribution in [2.24, 2.45) is 23.7 Å². The van der Waals surface area contributed by atoms with E-state index < -0.39 is 0 Å². The van der Waals surface area contributed by atoms with Gasteiger partial charge in [-0.1, -0.05) is 81.1 Å². The van der Waals surface area contributed by atoms with Gasteiger partial charge in [0.25, 0.3) is 0 Å². The lowest BCUT2D eigenvalue weighted by Gasteiger charge is -2.37. The van der Waals surface area contributed by atoms with E-state index in [2.05, 4.69) is 55.5 Å². The van der Waals surface area contributed by atoms with E-state index in [1.165, 1.54) is 86.5 Å². The van der Waals surface area contributed by atoms with Crippen molar-refractivity contribution in [3.63, 3.8) is 0 Å². The number of rotatable bonds is 8. The van der Waals surface area contributed by atoms with Gasteiger partial charge in [0.05, 0.1) is 6.67 Å². The minimum absolute atomic E-state index is 0.116. The molecule has 2 aliphatic carbocycles. The van der Waals surface area contributed by atoms with E-state index in [0.29, 0.717) is 5.92 Å². The van der Waals surface area contributed by atoms with E-state index in [1.807, 2.05) is 0 Å². The molecule has 0 bridgehead atoms. The molecule has 2 aliphatic rings. The zero-order valence-electron chi connectivity index (χ0n) is 19.5. The standard InChI is InChI=1S/C30H41F/c1-2-23-5-13-27(14-6-23)28-15-7-24(8-16-28)3-4-25-9-17-29(18-10-25)30-19-11-26(12-20-30)21-22-31/h5-8,13-16,25-26,29-30H,2-4,9-12,17-22H2,1H3/t25-,26-,29-,30-. The smallest absolute Gasteiger partial charge is 0.0897 e. The average molecular weight is 421 g/mol. The molecule has 4 rings (SSSR count). The predicted octanol–water partition coefficient (Wildman–Crippen LogP) is 8.82. The maximum Gasteiger partial charge on any atom is 0.0897 e. The van der Waals surface area contributed by atoms with E-state index in [0.717, 1.165) is 30.6 Å². The average Bonchev–Trinajstić information content (AvgIpc) is 2.84. The Balaban J connectivity index is 1.19. The first-order valence-corrected chi connectivity index (χ1v) is 13.0. The topological polar surface area (TPSA) is 0 Å². The summed E-state index contributed by atoms with van der Waals surface area (Å²) in [4.78, 5) is 0. The zero-order chi connectivity index (χ0) is 21.5. The number of hydrogen-bond donors (Lipinski definition) is 0. The minimum Gasteiger partial charge on any atom is -0.251 e. The van der Waals surface area contributed by atoms with Gasteiger partial charge in [0, 0.05) is 0 Å². The van der Waals surface area contributed by atoms with Gasteiger partial charge in [0.15, 0.2) is 0 Å². The number of alkyl halides is 1. The van der Waals surface area contributed by atoms with Crippen molar-refractivity contribution in [1.29, 1.82) is 0 Å². The van der Waals surface area contributed by atoms with Crippen molar-refractivity contribution in [2.75, 3.05) is 6.67 Å². The molecule has 0 unspecified atom stereocenters. The molecule has 0 N–H and O–H groups in total. The van der Waals surface area contributed by atoms with Crippen LogP contribution in [0.4, 0.5) is 4.39 Å². The molecule has 0 atom stereocenters. The van der Waals surface area contributed by atoms with Gasteiger partial charge in [-0.15, -0.1) is 0 Å². The fraction of sp³-hybridized carbons (Fsp3) is 0.600. The second-order valence-electron chi connectivity index (χ2n) is 10.3. The summed E-state index contributed by atoms with van der Waals surface area (Å²) in [6.45, 7) is 2.09. The first kappa shape index (κ1) is 22.6. The summed E-state index contributed by atoms with van der Waals surface area (Å²) in [6.07, 6.45) is 15.5. The molecule has 0 aliphatic heterocycles. The molecular formula is C30H41F. The van der Waals surface area contributed by atoms with Gasteiger partial charge in [-0.05, 0) is 97.3 Å². The summed E-state index contributed by atoms with van der Waals surface area (Å²) in [5.41, 5.74) is 5.54. The molecule has 0 nitrogen and oxygen atoms in total. The summed E-state index contributed by atoms with van der Waals surface area (Å²) >= 11 is 0. The summed E-state index contributed by atoms with van der Waals surface area (Å²) < 4.78 is 12.6. The van der Waals surface area contributed by atoms with Crippen LogP contribution in [0.2, 0.25) is 0 Å². The van der Waals surface area contributed by atoms with Crippen molar-refractivity contribution < 1.29 is 4.39 Å². The molecule has 0 spiro atoms. The molecule has 0 heterocycles. The Morgan fingerprint density at radius 3 is 1.52 bits per heavy atom. The Morgan fingerprint density at radius 2 is 1.06 bits per heavy atom. The summed E-state index contributed by atoms with van der Waals surface area (Å²) in [5, 5.41) is 0. The van der Waals surface area contributed by atoms with Gasteiger partial charge in [-0.2, -0.15) is 0 Å². The number of hydrogen-bond acceptors (Lipinski definition) is 0. The van der Waals surface area contributed by atoms with E-state index in [1.54, 1.807) is 0 Å². The lowest BCUT2D eigenvalue weighted by Crippen LogP contribution is -2.26. The maximum absolute atomic E-state index is 12.6. The van der Waals surface area contributed by atoms with Gasteiger partial charge >= 0.3 is 0 Å². The Kier molecular flexibility index (Phi) is 8.22. The highest BCUT2D eigenvalue weighted by atomic mass is 19.1. The third kappa shape index (κ3) is 6.21. The van der Waals surface area contributed by atoms with Crippen molar-refractivity contribution >= 4 is 0 Å². The SMILES string of the molecule is CCc1ccc(-c2ccc(CC[C@H]3CC[C@H]([C@H]4CC[C@H](CCF)CC4)CC3)cc2)cc1. The van der Waals surface area contributed by atoms with E-state index in [9.17, 15) is 4.39 Å². The summed E-state index contributed by atoms with van der Waals surface area (Å²) in [5.74, 6) is 3.50. The first-order valence-electron chi connectivity index (χ1n) is 13.0. The second kappa shape index (κ2) is 11.3. The predicted molar refractivity (Wildman–Crippen MR) is 131 cm³/mol. The summed E-state index contributed by atoms with van der Waals surface area (Å²) in [6, 6.07) is 18.3. The Morgan fingerprint density at radius 1 is 0.613 bits per heavy atom. The minimum atomic E-state index is -0.116. The van der Waals surface area contributed by atoms with E-state index in [-0.39, 0.29) is 6.67 Å². The molecule has 0 saturated heterocycles. The third-order valence-corrected chi connectivity index (χ3v) is 8.46. The largest absolute Gasteiger partial charge is 0.251 e. The molecule has 168 valence electrons. The van der Waals surface area contributed by atoms with Crippen LogP contribution in [0.25, 0.3) is 11.1 Å². The van der Waals surface area contributed by atoms with Crippen molar-refractivity contribution in [3.05, 3.63) is 59.7 Å². The lowest BCUT2D eigenvalue weighted by atomic mass is 9.68. The van der Waals surface area contributed by atoms with Crippen molar-refractivity contribution in [1.82, 2.24) is 0 Å². The highest BCUT2D eigenvalue weighted by Gasteiger charge is 2.30. The van der Waals surface area contributed by atoms with Crippen molar-refractivity contribution in [3.8, 4) is 11.1 Å². The van der Waals surface area contributed by atoms with Crippen LogP contribution >= 0.6 is 0 Å². The normalized spacial score (nSPS) is 26.6. The van der Waals surface area contributed by atoms with Crippen molar-refractivity contribution in [2.45, 2.75) is 84.0 Å². The molecule has 2 saturated carbocycles. The second-order valence-corrected chi connectivity index (χ2v) is 10.3. The van der Waals surface area contributed by atoms with E-state index in [4.69, 9.17) is 0 Å². The van der Waals surface area contributed by atoms with Gasteiger partial charge in [0.2, 0.25) is 0 Å². The van der Waals surface area contributed by atoms with Crippen LogP contribution in [0.15, 0.2) is 48.5 Å². The van der Waals surface area contributed by atoms with Crippen LogP contribution in [0, 0.1) is 23.7 Å². The van der Waals surface area contributed by atoms with Crippen LogP contribution in [0.1, 0.15) is 82.3 Å². The first-order chi connectivity index (χ1) is 15.2. The molecule has 2 aromatic carbocycles. The van der Waals surface area contributed by atoms with Gasteiger partial charge in [-0.3, -0.25) is 4.39 Å². The number of benzene rings is 2. The van der Waals surface area contributed by atoms with Crippen LogP contribution < -0.4 is 0 Å². The Hall–Kier alpha value is -1.63. The van der Waals surface area contributed by atoms with Gasteiger partial charge in [0.1, 0.15) is 0 Å². The maximum atomic E-state index is 12.6. The van der Waals surface area contributed by atoms with Crippen LogP contribution in [0.5, 0.6) is 0 Å². The molecule has 0 amide bonds. The molecular weight excluding hydrogens is 379 g/mol. The highest BCUT2D eigenvalue weighted by Crippen LogP contribution is 2.42. The zero-order valence-corrected chi connectivity index (χ0v) is 19.5. The molecule has 0 aromatic heterocycles. The van der Waals surface area contributed by atoms with Crippen LogP contribution in [-0.2, 0) is 12.8 Å². The van der Waals surface area contributed by atoms with Gasteiger partial charge < -0.3 is 0 Å². The molecule has 31 heavy (non-hydrogen) atoms. The number of aryl methyl sites for hydroxylation is 2. The number of halogens is 1. The fourth-order valence-corrected chi connectivity index (χ4v) is 6.22. The highest BCUT2D eigenvalue weighted by molar-refractivity contribution is 5.63. The molecule has 1 heteroatoms. The fourth-order valence-electron chi connectivity index (χ4n) is 6.22. The Labute approximate surface area is 189 Å². The third-order valence-electron chi connectivity index (χ3n) is 8.46. The molecule has 2 fully saturated rings. The van der Waals surface area contributed by atoms with Crippen LogP contribution in [-0.4, -0.2) is 6.67 Å². The monoisotopic (exact) mass is 420 g/mol. The Bertz CT molecular complexity index is 759. The summed E-state index contributed by atoms with van der Waals surface area (Å²) in [7, 11) is 0. The molecule has 0 radical (unpaired) electrons. The quantitative estimate of drug-likeness (QED) is 0.400. The van der Waals surface area contributed by atoms with Gasteiger partial charge in [-0.25, -0.2) is 0 Å². The lowest BCUT2D eigenvalue weighted by molar-refractivity contribution is 0.139. The molecule has 2 aromatic rings.